The number of hydrogen-bond donors (Lipinski definition) is 0. The monoisotopic (exact) mass is 254 g/mol. The maximum Gasteiger partial charge on any atom is 0.239 e. The van der Waals surface area contributed by atoms with Gasteiger partial charge in [-0.15, -0.1) is 0 Å². The van der Waals surface area contributed by atoms with Crippen LogP contribution < -0.4 is 4.74 Å². The van der Waals surface area contributed by atoms with Crippen molar-refractivity contribution >= 4 is 5.91 Å². The highest BCUT2D eigenvalue weighted by Gasteiger charge is 2.21. The molecule has 4 heteroatoms. The number of rotatable bonds is 3. The van der Waals surface area contributed by atoms with E-state index in [1.54, 1.807) is 32.4 Å². The van der Waals surface area contributed by atoms with Crippen LogP contribution in [0.1, 0.15) is 28.9 Å². The highest BCUT2D eigenvalue weighted by atomic mass is 16.5. The predicted molar refractivity (Wildman–Crippen MR) is 71.2 cm³/mol. The molecule has 19 heavy (non-hydrogen) atoms. The van der Waals surface area contributed by atoms with Crippen molar-refractivity contribution in [2.75, 3.05) is 7.11 Å². The van der Waals surface area contributed by atoms with Crippen LogP contribution in [-0.4, -0.2) is 17.6 Å². The van der Waals surface area contributed by atoms with Crippen LogP contribution in [0.15, 0.2) is 42.6 Å². The first-order valence-electron chi connectivity index (χ1n) is 5.93. The summed E-state index contributed by atoms with van der Waals surface area (Å²) in [7, 11) is 1.58. The van der Waals surface area contributed by atoms with E-state index in [4.69, 9.17) is 10.00 Å². The topological polar surface area (TPSA) is 55.0 Å². The first-order valence-corrected chi connectivity index (χ1v) is 5.93. The van der Waals surface area contributed by atoms with Crippen molar-refractivity contribution in [2.24, 2.45) is 0 Å². The van der Waals surface area contributed by atoms with Crippen molar-refractivity contribution in [2.45, 2.75) is 12.8 Å². The smallest absolute Gasteiger partial charge is 0.239 e. The number of methoxy groups -OCH3 is 1. The van der Waals surface area contributed by atoms with E-state index in [-0.39, 0.29) is 11.8 Å². The van der Waals surface area contributed by atoms with Gasteiger partial charge in [0.25, 0.3) is 0 Å². The normalized spacial score (nSPS) is 11.6. The predicted octanol–water partition coefficient (Wildman–Crippen LogP) is 2.81. The molecule has 96 valence electrons. The first-order chi connectivity index (χ1) is 9.19. The molecule has 4 nitrogen and oxygen atoms in total. The van der Waals surface area contributed by atoms with Crippen LogP contribution in [0.3, 0.4) is 0 Å². The van der Waals surface area contributed by atoms with E-state index >= 15 is 0 Å². The van der Waals surface area contributed by atoms with E-state index < -0.39 is 0 Å². The Hall–Kier alpha value is -2.54. The summed E-state index contributed by atoms with van der Waals surface area (Å²) in [6.45, 7) is 1.81. The molecule has 0 radical (unpaired) electrons. The molecular weight excluding hydrogens is 240 g/mol. The summed E-state index contributed by atoms with van der Waals surface area (Å²) in [5.74, 6) is 0.149. The largest absolute Gasteiger partial charge is 0.496 e. The number of aromatic nitrogens is 1. The molecule has 1 aromatic carbocycles. The van der Waals surface area contributed by atoms with Crippen LogP contribution in [-0.2, 0) is 0 Å². The third-order valence-electron chi connectivity index (χ3n) is 3.08. The van der Waals surface area contributed by atoms with Gasteiger partial charge in [-0.05, 0) is 25.1 Å². The van der Waals surface area contributed by atoms with Gasteiger partial charge >= 0.3 is 0 Å². The number of carbonyl (C=O) groups is 1. The van der Waals surface area contributed by atoms with E-state index in [0.717, 1.165) is 5.56 Å². The van der Waals surface area contributed by atoms with Crippen LogP contribution in [0.5, 0.6) is 5.75 Å². The Morgan fingerprint density at radius 1 is 1.32 bits per heavy atom. The molecule has 0 fully saturated rings. The summed E-state index contributed by atoms with van der Waals surface area (Å²) in [6.07, 6.45) is 1.60. The van der Waals surface area contributed by atoms with Crippen molar-refractivity contribution in [3.8, 4) is 11.8 Å². The minimum absolute atomic E-state index is 0.147. The second-order valence-electron chi connectivity index (χ2n) is 4.18. The van der Waals surface area contributed by atoms with Gasteiger partial charge in [0.2, 0.25) is 5.91 Å². The Morgan fingerprint density at radius 2 is 2.05 bits per heavy atom. The van der Waals surface area contributed by atoms with Crippen LogP contribution >= 0.6 is 0 Å². The Labute approximate surface area is 111 Å². The van der Waals surface area contributed by atoms with E-state index in [0.29, 0.717) is 11.4 Å². The highest BCUT2D eigenvalue weighted by molar-refractivity contribution is 5.87. The molecule has 0 aliphatic carbocycles. The van der Waals surface area contributed by atoms with E-state index in [9.17, 15) is 4.79 Å². The van der Waals surface area contributed by atoms with Crippen molar-refractivity contribution in [3.63, 3.8) is 0 Å². The number of nitrogens with zero attached hydrogens (tertiary/aromatic N) is 2. The summed E-state index contributed by atoms with van der Waals surface area (Å²) in [5.41, 5.74) is 1.15. The van der Waals surface area contributed by atoms with E-state index in [1.807, 2.05) is 30.3 Å². The quantitative estimate of drug-likeness (QED) is 0.846. The highest BCUT2D eigenvalue weighted by Crippen LogP contribution is 2.27. The molecule has 0 bridgehead atoms. The fourth-order valence-corrected chi connectivity index (χ4v) is 2.03. The van der Waals surface area contributed by atoms with Crippen molar-refractivity contribution in [3.05, 3.63) is 53.9 Å². The number of para-hydroxylation sites is 1. The fourth-order valence-electron chi connectivity index (χ4n) is 2.03. The SMILES string of the molecule is COc1ccccc1C(C)C(=O)n1cccc1C#N. The summed E-state index contributed by atoms with van der Waals surface area (Å²) in [6, 6.07) is 12.7. The summed E-state index contributed by atoms with van der Waals surface area (Å²) < 4.78 is 6.64. The van der Waals surface area contributed by atoms with Crippen LogP contribution in [0, 0.1) is 11.3 Å². The number of benzene rings is 1. The number of ether oxygens (including phenoxy) is 1. The summed E-state index contributed by atoms with van der Waals surface area (Å²) in [5, 5.41) is 8.96. The molecule has 1 atom stereocenters. The molecule has 0 saturated heterocycles. The van der Waals surface area contributed by atoms with Gasteiger partial charge in [0.15, 0.2) is 0 Å². The van der Waals surface area contributed by atoms with Gasteiger partial charge in [-0.2, -0.15) is 5.26 Å². The van der Waals surface area contributed by atoms with E-state index in [2.05, 4.69) is 0 Å². The number of hydrogen-bond acceptors (Lipinski definition) is 3. The fraction of sp³-hybridized carbons (Fsp3) is 0.200. The summed E-state index contributed by atoms with van der Waals surface area (Å²) in [4.78, 5) is 12.4. The summed E-state index contributed by atoms with van der Waals surface area (Å²) >= 11 is 0. The standard InChI is InChI=1S/C15H14N2O2/c1-11(13-7-3-4-8-14(13)19-2)15(18)17-9-5-6-12(17)10-16/h3-9,11H,1-2H3. The lowest BCUT2D eigenvalue weighted by Crippen LogP contribution is -2.18. The second kappa shape index (κ2) is 5.40. The number of carbonyl (C=O) groups excluding carboxylic acids is 1. The maximum atomic E-state index is 12.4. The third kappa shape index (κ3) is 2.36. The molecular formula is C15H14N2O2. The van der Waals surface area contributed by atoms with Crippen LogP contribution in [0.25, 0.3) is 0 Å². The van der Waals surface area contributed by atoms with Crippen LogP contribution in [0.4, 0.5) is 0 Å². The first kappa shape index (κ1) is 12.9. The van der Waals surface area contributed by atoms with E-state index in [1.165, 1.54) is 4.57 Å². The zero-order chi connectivity index (χ0) is 13.8. The Bertz CT molecular complexity index is 638. The van der Waals surface area contributed by atoms with Gasteiger partial charge in [-0.25, -0.2) is 0 Å². The molecule has 1 unspecified atom stereocenters. The molecule has 0 amide bonds. The third-order valence-corrected chi connectivity index (χ3v) is 3.08. The van der Waals surface area contributed by atoms with Gasteiger partial charge in [0.05, 0.1) is 13.0 Å². The lowest BCUT2D eigenvalue weighted by molar-refractivity contribution is 0.0882. The zero-order valence-corrected chi connectivity index (χ0v) is 10.8. The molecule has 1 aromatic heterocycles. The molecule has 0 N–H and O–H groups in total. The average molecular weight is 254 g/mol. The molecule has 2 rings (SSSR count). The average Bonchev–Trinajstić information content (AvgIpc) is 2.94. The van der Waals surface area contributed by atoms with Gasteiger partial charge in [-0.3, -0.25) is 9.36 Å². The van der Waals surface area contributed by atoms with Gasteiger partial charge in [0.1, 0.15) is 17.5 Å². The number of nitriles is 1. The van der Waals surface area contributed by atoms with Gasteiger partial charge in [-0.1, -0.05) is 18.2 Å². The zero-order valence-electron chi connectivity index (χ0n) is 10.8. The molecule has 0 spiro atoms. The minimum atomic E-state index is -0.379. The minimum Gasteiger partial charge on any atom is -0.496 e. The Kier molecular flexibility index (Phi) is 3.67. The van der Waals surface area contributed by atoms with Crippen LogP contribution in [0.2, 0.25) is 0 Å². The lowest BCUT2D eigenvalue weighted by Gasteiger charge is -2.15. The molecule has 2 aromatic rings. The van der Waals surface area contributed by atoms with Gasteiger partial charge in [0, 0.05) is 11.8 Å². The Morgan fingerprint density at radius 3 is 2.74 bits per heavy atom. The second-order valence-corrected chi connectivity index (χ2v) is 4.18. The molecule has 0 aliphatic heterocycles. The van der Waals surface area contributed by atoms with Gasteiger partial charge < -0.3 is 4.74 Å². The molecule has 0 aliphatic rings. The molecule has 0 saturated carbocycles. The lowest BCUT2D eigenvalue weighted by atomic mass is 9.99. The van der Waals surface area contributed by atoms with Crippen molar-refractivity contribution in [1.82, 2.24) is 4.57 Å². The molecule has 1 heterocycles. The van der Waals surface area contributed by atoms with Crippen molar-refractivity contribution < 1.29 is 9.53 Å². The Balaban J connectivity index is 2.37. The van der Waals surface area contributed by atoms with Crippen molar-refractivity contribution in [1.29, 1.82) is 5.26 Å². The maximum absolute atomic E-state index is 12.4.